The molecule has 5 rings (SSSR count). The fourth-order valence-electron chi connectivity index (χ4n) is 5.33. The van der Waals surface area contributed by atoms with Crippen LogP contribution in [0.1, 0.15) is 55.8 Å². The summed E-state index contributed by atoms with van der Waals surface area (Å²) in [6.07, 6.45) is 8.40. The molecule has 1 aliphatic carbocycles. The highest BCUT2D eigenvalue weighted by Gasteiger charge is 2.29. The second-order valence-corrected chi connectivity index (χ2v) is 9.84. The first kappa shape index (κ1) is 20.6. The summed E-state index contributed by atoms with van der Waals surface area (Å²) in [6, 6.07) is 12.2. The lowest BCUT2D eigenvalue weighted by atomic mass is 9.81. The van der Waals surface area contributed by atoms with Gasteiger partial charge in [-0.15, -0.1) is 0 Å². The maximum atomic E-state index is 13.2. The molecule has 2 aromatic heterocycles. The van der Waals surface area contributed by atoms with E-state index in [2.05, 4.69) is 34.6 Å². The van der Waals surface area contributed by atoms with Crippen LogP contribution in [0.2, 0.25) is 5.02 Å². The van der Waals surface area contributed by atoms with Crippen LogP contribution in [-0.2, 0) is 24.3 Å². The fraction of sp³-hybridized carbons (Fsp3) is 0.462. The number of rotatable bonds is 4. The molecule has 2 aliphatic rings. The number of aromatic nitrogens is 2. The van der Waals surface area contributed by atoms with Crippen LogP contribution in [0.25, 0.3) is 11.0 Å². The van der Waals surface area contributed by atoms with E-state index >= 15 is 0 Å². The second kappa shape index (κ2) is 8.66. The number of carbonyl (C=O) groups is 1. The number of amides is 1. The molecule has 5 heteroatoms. The largest absolute Gasteiger partial charge is 0.337 e. The summed E-state index contributed by atoms with van der Waals surface area (Å²) < 4.78 is 2.30. The highest BCUT2D eigenvalue weighted by atomic mass is 35.5. The van der Waals surface area contributed by atoms with Crippen molar-refractivity contribution < 1.29 is 4.79 Å². The molecule has 0 unspecified atom stereocenters. The Balaban J connectivity index is 1.40. The van der Waals surface area contributed by atoms with E-state index in [9.17, 15) is 4.79 Å². The molecule has 162 valence electrons. The molecule has 31 heavy (non-hydrogen) atoms. The quantitative estimate of drug-likeness (QED) is 0.516. The molecule has 1 amide bonds. The van der Waals surface area contributed by atoms with Gasteiger partial charge in [-0.2, -0.15) is 0 Å². The Morgan fingerprint density at radius 3 is 2.68 bits per heavy atom. The van der Waals surface area contributed by atoms with Gasteiger partial charge in [0.15, 0.2) is 0 Å². The van der Waals surface area contributed by atoms with Gasteiger partial charge >= 0.3 is 0 Å². The van der Waals surface area contributed by atoms with Crippen molar-refractivity contribution in [3.05, 3.63) is 64.4 Å². The van der Waals surface area contributed by atoms with E-state index < -0.39 is 0 Å². The standard InChI is InChI=1S/C26H30ClN3O/c1-18-4-6-19(7-5-18)15-25(31)29-14-12-22-23-3-2-13-28-26(23)30(24(22)17-29)16-20-8-10-21(27)11-9-20/h2-3,8-11,13,18-19H,4-7,12,14-17H2,1H3/t18-,19-. The van der Waals surface area contributed by atoms with Crippen molar-refractivity contribution in [2.75, 3.05) is 6.54 Å². The van der Waals surface area contributed by atoms with E-state index in [-0.39, 0.29) is 0 Å². The number of carbonyl (C=O) groups excluding carboxylic acids is 1. The Bertz CT molecular complexity index is 1080. The minimum absolute atomic E-state index is 0.321. The fourth-order valence-corrected chi connectivity index (χ4v) is 5.45. The second-order valence-electron chi connectivity index (χ2n) is 9.41. The van der Waals surface area contributed by atoms with Crippen LogP contribution >= 0.6 is 11.6 Å². The van der Waals surface area contributed by atoms with Gasteiger partial charge in [-0.05, 0) is 66.5 Å². The highest BCUT2D eigenvalue weighted by Crippen LogP contribution is 2.33. The minimum Gasteiger partial charge on any atom is -0.337 e. The third-order valence-electron chi connectivity index (χ3n) is 7.22. The molecule has 1 saturated carbocycles. The first-order chi connectivity index (χ1) is 15.1. The maximum Gasteiger partial charge on any atom is 0.223 e. The Labute approximate surface area is 189 Å². The van der Waals surface area contributed by atoms with Crippen LogP contribution in [0.4, 0.5) is 0 Å². The molecule has 3 aromatic rings. The van der Waals surface area contributed by atoms with Crippen molar-refractivity contribution in [3.8, 4) is 0 Å². The van der Waals surface area contributed by atoms with Gasteiger partial charge in [-0.3, -0.25) is 4.79 Å². The normalized spacial score (nSPS) is 21.3. The van der Waals surface area contributed by atoms with Crippen molar-refractivity contribution in [1.82, 2.24) is 14.5 Å². The van der Waals surface area contributed by atoms with Gasteiger partial charge in [0.25, 0.3) is 0 Å². The zero-order chi connectivity index (χ0) is 21.4. The Hall–Kier alpha value is -2.33. The minimum atomic E-state index is 0.321. The zero-order valence-electron chi connectivity index (χ0n) is 18.2. The summed E-state index contributed by atoms with van der Waals surface area (Å²) in [6.45, 7) is 4.56. The number of pyridine rings is 1. The van der Waals surface area contributed by atoms with Crippen LogP contribution in [0.3, 0.4) is 0 Å². The van der Waals surface area contributed by atoms with Crippen LogP contribution in [0.5, 0.6) is 0 Å². The van der Waals surface area contributed by atoms with E-state index in [0.29, 0.717) is 24.8 Å². The number of fused-ring (bicyclic) bond motifs is 3. The lowest BCUT2D eigenvalue weighted by molar-refractivity contribution is -0.133. The number of hydrogen-bond acceptors (Lipinski definition) is 2. The molecule has 1 fully saturated rings. The summed E-state index contributed by atoms with van der Waals surface area (Å²) in [5, 5.41) is 1.97. The van der Waals surface area contributed by atoms with E-state index in [1.807, 2.05) is 24.4 Å². The molecule has 0 bridgehead atoms. The van der Waals surface area contributed by atoms with Crippen molar-refractivity contribution >= 4 is 28.5 Å². The van der Waals surface area contributed by atoms with Gasteiger partial charge in [0.05, 0.1) is 6.54 Å². The van der Waals surface area contributed by atoms with Gasteiger partial charge in [0.1, 0.15) is 5.65 Å². The van der Waals surface area contributed by atoms with Crippen molar-refractivity contribution in [1.29, 1.82) is 0 Å². The first-order valence-corrected chi connectivity index (χ1v) is 11.9. The Morgan fingerprint density at radius 1 is 1.13 bits per heavy atom. The summed E-state index contributed by atoms with van der Waals surface area (Å²) in [4.78, 5) is 20.0. The zero-order valence-corrected chi connectivity index (χ0v) is 18.9. The van der Waals surface area contributed by atoms with E-state index in [4.69, 9.17) is 16.6 Å². The molecule has 1 aliphatic heterocycles. The summed E-state index contributed by atoms with van der Waals surface area (Å²) in [5.41, 5.74) is 4.79. The number of nitrogens with zero attached hydrogens (tertiary/aromatic N) is 3. The molecule has 4 nitrogen and oxygen atoms in total. The molecule has 3 heterocycles. The monoisotopic (exact) mass is 435 g/mol. The van der Waals surface area contributed by atoms with Crippen LogP contribution in [-0.4, -0.2) is 26.9 Å². The van der Waals surface area contributed by atoms with E-state index in [1.54, 1.807) is 0 Å². The molecule has 0 atom stereocenters. The predicted octanol–water partition coefficient (Wildman–Crippen LogP) is 5.84. The SMILES string of the molecule is C[C@H]1CC[C@H](CC(=O)N2CCc3c(n(Cc4ccc(Cl)cc4)c4ncccc34)C2)CC1. The van der Waals surface area contributed by atoms with Crippen LogP contribution in [0.15, 0.2) is 42.6 Å². The number of halogens is 1. The van der Waals surface area contributed by atoms with Crippen LogP contribution < -0.4 is 0 Å². The van der Waals surface area contributed by atoms with Gasteiger partial charge in [0, 0.05) is 41.8 Å². The first-order valence-electron chi connectivity index (χ1n) is 11.6. The van der Waals surface area contributed by atoms with Gasteiger partial charge < -0.3 is 9.47 Å². The molecule has 0 N–H and O–H groups in total. The van der Waals surface area contributed by atoms with Crippen molar-refractivity contribution in [2.45, 2.75) is 58.5 Å². The molecular weight excluding hydrogens is 406 g/mol. The molecule has 0 saturated heterocycles. The number of hydrogen-bond donors (Lipinski definition) is 0. The molecular formula is C26H30ClN3O. The summed E-state index contributed by atoms with van der Waals surface area (Å²) in [5.74, 6) is 1.70. The van der Waals surface area contributed by atoms with E-state index in [0.717, 1.165) is 36.1 Å². The predicted molar refractivity (Wildman–Crippen MR) is 125 cm³/mol. The van der Waals surface area contributed by atoms with Gasteiger partial charge in [-0.1, -0.05) is 43.5 Å². The molecule has 1 aromatic carbocycles. The topological polar surface area (TPSA) is 38.1 Å². The maximum absolute atomic E-state index is 13.2. The summed E-state index contributed by atoms with van der Waals surface area (Å²) >= 11 is 6.08. The number of benzene rings is 1. The summed E-state index contributed by atoms with van der Waals surface area (Å²) in [7, 11) is 0. The van der Waals surface area contributed by atoms with Gasteiger partial charge in [-0.25, -0.2) is 4.98 Å². The highest BCUT2D eigenvalue weighted by molar-refractivity contribution is 6.30. The van der Waals surface area contributed by atoms with Crippen LogP contribution in [0, 0.1) is 11.8 Å². The lowest BCUT2D eigenvalue weighted by Gasteiger charge is -2.31. The average Bonchev–Trinajstić information content (AvgIpc) is 3.10. The van der Waals surface area contributed by atoms with E-state index in [1.165, 1.54) is 47.9 Å². The molecule has 0 spiro atoms. The Morgan fingerprint density at radius 2 is 1.90 bits per heavy atom. The lowest BCUT2D eigenvalue weighted by Crippen LogP contribution is -2.37. The third kappa shape index (κ3) is 4.23. The smallest absolute Gasteiger partial charge is 0.223 e. The Kier molecular flexibility index (Phi) is 5.75. The van der Waals surface area contributed by atoms with Gasteiger partial charge in [0.2, 0.25) is 5.91 Å². The third-order valence-corrected chi connectivity index (χ3v) is 7.47. The van der Waals surface area contributed by atoms with Crippen molar-refractivity contribution in [3.63, 3.8) is 0 Å². The molecule has 0 radical (unpaired) electrons. The average molecular weight is 436 g/mol. The van der Waals surface area contributed by atoms with Crippen molar-refractivity contribution in [2.24, 2.45) is 11.8 Å².